The van der Waals surface area contributed by atoms with Gasteiger partial charge in [0, 0.05) is 46.3 Å². The Kier molecular flexibility index (Phi) is 5.81. The van der Waals surface area contributed by atoms with Crippen LogP contribution in [0, 0.1) is 10.1 Å². The lowest BCUT2D eigenvalue weighted by Gasteiger charge is -2.20. The van der Waals surface area contributed by atoms with E-state index in [-0.39, 0.29) is 35.3 Å². The van der Waals surface area contributed by atoms with Crippen molar-refractivity contribution >= 4 is 19.3 Å². The second-order valence-electron chi connectivity index (χ2n) is 7.53. The molecule has 1 amide bonds. The van der Waals surface area contributed by atoms with Crippen molar-refractivity contribution in [3.63, 3.8) is 0 Å². The molecule has 2 saturated heterocycles. The van der Waals surface area contributed by atoms with Crippen LogP contribution in [0.2, 0.25) is 0 Å². The molecular weight excluding hydrogens is 423 g/mol. The molecule has 4 rings (SSSR count). The van der Waals surface area contributed by atoms with E-state index in [4.69, 9.17) is 9.26 Å². The maximum absolute atomic E-state index is 13.1. The van der Waals surface area contributed by atoms with Crippen LogP contribution in [0.15, 0.2) is 42.5 Å². The van der Waals surface area contributed by atoms with E-state index in [0.29, 0.717) is 5.56 Å². The van der Waals surface area contributed by atoms with Gasteiger partial charge in [-0.2, -0.15) is 0 Å². The Morgan fingerprint density at radius 3 is 2.32 bits per heavy atom. The first-order chi connectivity index (χ1) is 14.8. The molecule has 0 N–H and O–H groups in total. The summed E-state index contributed by atoms with van der Waals surface area (Å²) in [6, 6.07) is 10.9. The lowest BCUT2D eigenvalue weighted by Crippen LogP contribution is -2.22. The van der Waals surface area contributed by atoms with Crippen LogP contribution in [0.3, 0.4) is 0 Å². The largest absolute Gasteiger partial charge is 0.449 e. The van der Waals surface area contributed by atoms with E-state index in [1.165, 1.54) is 17.0 Å². The third-order valence-corrected chi connectivity index (χ3v) is 7.62. The van der Waals surface area contributed by atoms with E-state index < -0.39 is 12.6 Å². The van der Waals surface area contributed by atoms with Crippen molar-refractivity contribution in [3.8, 4) is 11.5 Å². The third-order valence-electron chi connectivity index (χ3n) is 4.93. The summed E-state index contributed by atoms with van der Waals surface area (Å²) in [5.41, 5.74) is 0.632. The van der Waals surface area contributed by atoms with Crippen molar-refractivity contribution in [1.82, 2.24) is 14.2 Å². The van der Waals surface area contributed by atoms with Gasteiger partial charge >= 0.3 is 13.4 Å². The second kappa shape index (κ2) is 8.39. The number of nitro groups is 1. The zero-order valence-corrected chi connectivity index (χ0v) is 18.2. The molecule has 0 atom stereocenters. The number of rotatable bonds is 9. The molecule has 0 spiro atoms. The molecule has 10 nitrogen and oxygen atoms in total. The average molecular weight is 446 g/mol. The van der Waals surface area contributed by atoms with Crippen LogP contribution >= 0.6 is 7.67 Å². The Labute approximate surface area is 179 Å². The highest BCUT2D eigenvalue weighted by Crippen LogP contribution is 2.61. The van der Waals surface area contributed by atoms with E-state index in [1.54, 1.807) is 53.8 Å². The Morgan fingerprint density at radius 2 is 1.74 bits per heavy atom. The fourth-order valence-electron chi connectivity index (χ4n) is 3.07. The number of ether oxygens (including phenoxy) is 1. The van der Waals surface area contributed by atoms with E-state index in [1.807, 2.05) is 0 Å². The van der Waals surface area contributed by atoms with Gasteiger partial charge in [0.2, 0.25) is 5.75 Å². The van der Waals surface area contributed by atoms with E-state index in [2.05, 4.69) is 0 Å². The molecule has 0 saturated carbocycles. The number of carbonyl (C=O) groups excluding carboxylic acids is 1. The van der Waals surface area contributed by atoms with Gasteiger partial charge in [-0.15, -0.1) is 0 Å². The van der Waals surface area contributed by atoms with Gasteiger partial charge in [-0.1, -0.05) is 12.1 Å². The minimum atomic E-state index is -3.01. The first kappa shape index (κ1) is 21.5. The highest BCUT2D eigenvalue weighted by molar-refractivity contribution is 7.54. The first-order valence-electron chi connectivity index (χ1n) is 9.81. The number of benzene rings is 2. The number of nitro benzene ring substituents is 1. The standard InChI is InChI=1S/C20H23N4O6P/c1-21(2)20(25)16-5-3-4-6-18(16)30-19-13-15(7-8-17(19)24(26)27)14-29-31(28,22-9-10-22)23-11-12-23/h3-8,13H,9-12,14H2,1-2H3. The molecule has 2 aliphatic heterocycles. The van der Waals surface area contributed by atoms with Crippen molar-refractivity contribution in [2.75, 3.05) is 40.3 Å². The molecule has 0 aliphatic carbocycles. The van der Waals surface area contributed by atoms with Gasteiger partial charge in [0.05, 0.1) is 17.1 Å². The van der Waals surface area contributed by atoms with Crippen LogP contribution in [0.5, 0.6) is 11.5 Å². The molecule has 11 heteroatoms. The zero-order valence-electron chi connectivity index (χ0n) is 17.3. The molecule has 2 aliphatic rings. The van der Waals surface area contributed by atoms with Crippen LogP contribution < -0.4 is 4.74 Å². The highest BCUT2D eigenvalue weighted by atomic mass is 31.2. The van der Waals surface area contributed by atoms with Gasteiger partial charge in [-0.25, -0.2) is 9.34 Å². The van der Waals surface area contributed by atoms with Crippen molar-refractivity contribution in [2.24, 2.45) is 0 Å². The van der Waals surface area contributed by atoms with Crippen LogP contribution in [-0.2, 0) is 15.7 Å². The second-order valence-corrected chi connectivity index (χ2v) is 9.90. The normalized spacial score (nSPS) is 16.1. The minimum absolute atomic E-state index is 0.0154. The molecule has 2 heterocycles. The van der Waals surface area contributed by atoms with Gasteiger partial charge in [0.25, 0.3) is 5.91 Å². The van der Waals surface area contributed by atoms with Gasteiger partial charge in [-0.05, 0) is 29.8 Å². The summed E-state index contributed by atoms with van der Waals surface area (Å²) in [4.78, 5) is 24.8. The minimum Gasteiger partial charge on any atom is -0.449 e. The van der Waals surface area contributed by atoms with Gasteiger partial charge in [0.15, 0.2) is 0 Å². The fraction of sp³-hybridized carbons (Fsp3) is 0.350. The predicted octanol–water partition coefficient (Wildman–Crippen LogP) is 3.34. The third kappa shape index (κ3) is 4.62. The summed E-state index contributed by atoms with van der Waals surface area (Å²) in [5, 5.41) is 11.5. The van der Waals surface area contributed by atoms with Crippen LogP contribution in [0.4, 0.5) is 5.69 Å². The average Bonchev–Trinajstić information content (AvgIpc) is 3.64. The number of carbonyl (C=O) groups is 1. The quantitative estimate of drug-likeness (QED) is 0.250. The molecule has 0 radical (unpaired) electrons. The summed E-state index contributed by atoms with van der Waals surface area (Å²) < 4.78 is 28.3. The lowest BCUT2D eigenvalue weighted by atomic mass is 10.1. The highest BCUT2D eigenvalue weighted by Gasteiger charge is 2.49. The fourth-order valence-corrected chi connectivity index (χ4v) is 5.26. The van der Waals surface area contributed by atoms with Crippen molar-refractivity contribution in [1.29, 1.82) is 0 Å². The molecule has 2 aromatic rings. The summed E-state index contributed by atoms with van der Waals surface area (Å²) in [6.45, 7) is 2.97. The number of hydrogen-bond acceptors (Lipinski definition) is 6. The Hall–Kier alpha value is -2.78. The zero-order chi connectivity index (χ0) is 22.2. The van der Waals surface area contributed by atoms with Crippen molar-refractivity contribution < 1.29 is 23.5 Å². The van der Waals surface area contributed by atoms with E-state index >= 15 is 0 Å². The molecular formula is C20H23N4O6P. The molecule has 0 bridgehead atoms. The summed E-state index contributed by atoms with van der Waals surface area (Å²) in [5.74, 6) is -0.0877. The molecule has 2 fully saturated rings. The number of nitrogens with zero attached hydrogens (tertiary/aromatic N) is 4. The summed E-state index contributed by atoms with van der Waals surface area (Å²) >= 11 is 0. The van der Waals surface area contributed by atoms with E-state index in [0.717, 1.165) is 26.2 Å². The number of hydrogen-bond donors (Lipinski definition) is 0. The Balaban J connectivity index is 1.59. The Morgan fingerprint density at radius 1 is 1.10 bits per heavy atom. The summed E-state index contributed by atoms with van der Waals surface area (Å²) in [7, 11) is 0.220. The van der Waals surface area contributed by atoms with Gasteiger partial charge < -0.3 is 14.2 Å². The number of para-hydroxylation sites is 1. The van der Waals surface area contributed by atoms with Gasteiger partial charge in [-0.3, -0.25) is 19.5 Å². The monoisotopic (exact) mass is 446 g/mol. The first-order valence-corrected chi connectivity index (χ1v) is 11.3. The lowest BCUT2D eigenvalue weighted by molar-refractivity contribution is -0.385. The van der Waals surface area contributed by atoms with Crippen molar-refractivity contribution in [3.05, 3.63) is 63.7 Å². The van der Waals surface area contributed by atoms with Crippen LogP contribution in [0.25, 0.3) is 0 Å². The molecule has 0 unspecified atom stereocenters. The predicted molar refractivity (Wildman–Crippen MR) is 113 cm³/mol. The SMILES string of the molecule is CN(C)C(=O)c1ccccc1Oc1cc(COP(=O)(N2CC2)N2CC2)ccc1[N+](=O)[O-]. The molecule has 2 aromatic carbocycles. The molecule has 31 heavy (non-hydrogen) atoms. The van der Waals surface area contributed by atoms with Crippen LogP contribution in [0.1, 0.15) is 15.9 Å². The topological polar surface area (TPSA) is 105 Å². The van der Waals surface area contributed by atoms with E-state index in [9.17, 15) is 19.5 Å². The maximum Gasteiger partial charge on any atom is 0.346 e. The molecule has 164 valence electrons. The van der Waals surface area contributed by atoms with Crippen LogP contribution in [-0.4, -0.2) is 65.3 Å². The summed E-state index contributed by atoms with van der Waals surface area (Å²) in [6.07, 6.45) is 0. The Bertz CT molecular complexity index is 1050. The number of amides is 1. The van der Waals surface area contributed by atoms with Crippen molar-refractivity contribution in [2.45, 2.75) is 6.61 Å². The maximum atomic E-state index is 13.1. The smallest absolute Gasteiger partial charge is 0.346 e. The van der Waals surface area contributed by atoms with Gasteiger partial charge in [0.1, 0.15) is 5.75 Å². The molecule has 0 aromatic heterocycles.